The Morgan fingerprint density at radius 3 is 2.36 bits per heavy atom. The molecule has 1 rings (SSSR count). The first kappa shape index (κ1) is 19.9. The molecule has 0 aliphatic rings. The summed E-state index contributed by atoms with van der Waals surface area (Å²) in [6, 6.07) is 0. The lowest BCUT2D eigenvalue weighted by Crippen LogP contribution is -2.06. The lowest BCUT2D eigenvalue weighted by molar-refractivity contribution is 0.653. The highest BCUT2D eigenvalue weighted by Gasteiger charge is 2.06. The van der Waals surface area contributed by atoms with E-state index >= 15 is 0 Å². The summed E-state index contributed by atoms with van der Waals surface area (Å²) < 4.78 is 0. The predicted octanol–water partition coefficient (Wildman–Crippen LogP) is 2.91. The molecule has 0 aromatic carbocycles. The van der Waals surface area contributed by atoms with Gasteiger partial charge < -0.3 is 5.73 Å². The van der Waals surface area contributed by atoms with Gasteiger partial charge in [-0.25, -0.2) is 9.98 Å². The van der Waals surface area contributed by atoms with Crippen molar-refractivity contribution in [1.82, 2.24) is 15.0 Å². The van der Waals surface area contributed by atoms with Crippen LogP contribution >= 0.6 is 11.8 Å². The third-order valence-electron chi connectivity index (χ3n) is 2.23. The van der Waals surface area contributed by atoms with E-state index < -0.39 is 0 Å². The van der Waals surface area contributed by atoms with Gasteiger partial charge in [-0.15, -0.1) is 0 Å². The molecule has 0 spiro atoms. The number of hydrogen-bond acceptors (Lipinski definition) is 5. The lowest BCUT2D eigenvalue weighted by atomic mass is 10.2. The average molecular weight is 320 g/mol. The lowest BCUT2D eigenvalue weighted by Gasteiger charge is -2.02. The fourth-order valence-electron chi connectivity index (χ4n) is 1.25. The molecule has 0 unspecified atom stereocenters. The maximum atomic E-state index is 5.64. The van der Waals surface area contributed by atoms with Crippen LogP contribution in [0.3, 0.4) is 0 Å². The zero-order chi connectivity index (χ0) is 17.1. The Bertz CT molecular complexity index is 595. The van der Waals surface area contributed by atoms with Gasteiger partial charge in [0.1, 0.15) is 5.69 Å². The van der Waals surface area contributed by atoms with Gasteiger partial charge >= 0.3 is 0 Å². The summed E-state index contributed by atoms with van der Waals surface area (Å²) in [5, 5.41) is 8.64. The van der Waals surface area contributed by atoms with Gasteiger partial charge in [0.15, 0.2) is 5.17 Å². The third kappa shape index (κ3) is 6.53. The summed E-state index contributed by atoms with van der Waals surface area (Å²) in [6.07, 6.45) is 7.16. The second-order valence-corrected chi connectivity index (χ2v) is 4.59. The van der Waals surface area contributed by atoms with Crippen molar-refractivity contribution in [3.8, 4) is 0 Å². The molecule has 0 amide bonds. The molecule has 0 bridgehead atoms. The number of thioether (sulfide) groups is 1. The van der Waals surface area contributed by atoms with Crippen LogP contribution < -0.4 is 5.73 Å². The van der Waals surface area contributed by atoms with Crippen LogP contribution in [0.25, 0.3) is 0 Å². The second kappa shape index (κ2) is 10.6. The number of rotatable bonds is 5. The van der Waals surface area contributed by atoms with E-state index in [9.17, 15) is 0 Å². The summed E-state index contributed by atoms with van der Waals surface area (Å²) in [6.45, 7) is 13.5. The Labute approximate surface area is 136 Å². The predicted molar refractivity (Wildman–Crippen MR) is 97.1 cm³/mol. The van der Waals surface area contributed by atoms with E-state index in [2.05, 4.69) is 33.3 Å². The Kier molecular flexibility index (Phi) is 9.53. The molecule has 7 heteroatoms. The summed E-state index contributed by atoms with van der Waals surface area (Å²) in [7, 11) is 1.74. The molecule has 0 saturated heterocycles. The fourth-order valence-corrected chi connectivity index (χ4v) is 1.46. The van der Waals surface area contributed by atoms with Crippen molar-refractivity contribution in [2.75, 3.05) is 6.26 Å². The number of allylic oxidation sites excluding steroid dienone is 2. The molecule has 6 nitrogen and oxygen atoms in total. The SMILES string of the molecule is C=C(N=C(N)SC)C(=C)N=C(/C=C\C)c1cnn(C)n1.CC. The molecule has 2 N–H and O–H groups in total. The molecule has 1 aromatic heterocycles. The van der Waals surface area contributed by atoms with Gasteiger partial charge in [-0.3, -0.25) is 0 Å². The third-order valence-corrected chi connectivity index (χ3v) is 2.74. The number of hydrogen-bond donors (Lipinski definition) is 1. The Morgan fingerprint density at radius 1 is 1.32 bits per heavy atom. The highest BCUT2D eigenvalue weighted by atomic mass is 32.2. The number of aromatic nitrogens is 3. The maximum absolute atomic E-state index is 5.64. The first-order chi connectivity index (χ1) is 10.5. The van der Waals surface area contributed by atoms with Crippen LogP contribution in [-0.4, -0.2) is 32.1 Å². The van der Waals surface area contributed by atoms with Crippen molar-refractivity contribution >= 4 is 22.6 Å². The van der Waals surface area contributed by atoms with E-state index in [-0.39, 0.29) is 0 Å². The first-order valence-corrected chi connectivity index (χ1v) is 8.04. The van der Waals surface area contributed by atoms with Gasteiger partial charge in [-0.05, 0) is 19.3 Å². The normalized spacial score (nSPS) is 12.0. The van der Waals surface area contributed by atoms with Crippen LogP contribution in [0.4, 0.5) is 0 Å². The molecule has 0 saturated carbocycles. The Balaban J connectivity index is 0.00000211. The maximum Gasteiger partial charge on any atom is 0.158 e. The number of aryl methyl sites for hydroxylation is 1. The van der Waals surface area contributed by atoms with Crippen LogP contribution in [0.1, 0.15) is 26.5 Å². The van der Waals surface area contributed by atoms with Crippen molar-refractivity contribution in [1.29, 1.82) is 0 Å². The summed E-state index contributed by atoms with van der Waals surface area (Å²) >= 11 is 1.34. The molecule has 0 aliphatic heterocycles. The van der Waals surface area contributed by atoms with Gasteiger partial charge in [0.25, 0.3) is 0 Å². The summed E-state index contributed by atoms with van der Waals surface area (Å²) in [4.78, 5) is 9.95. The molecular weight excluding hydrogens is 296 g/mol. The smallest absolute Gasteiger partial charge is 0.158 e. The molecule has 22 heavy (non-hydrogen) atoms. The van der Waals surface area contributed by atoms with Gasteiger partial charge in [0.2, 0.25) is 0 Å². The van der Waals surface area contributed by atoms with E-state index in [0.29, 0.717) is 28.0 Å². The van der Waals surface area contributed by atoms with E-state index in [1.165, 1.54) is 16.6 Å². The average Bonchev–Trinajstić information content (AvgIpc) is 2.95. The van der Waals surface area contributed by atoms with Crippen LogP contribution in [0.15, 0.2) is 52.9 Å². The zero-order valence-corrected chi connectivity index (χ0v) is 14.7. The standard InChI is InChI=1S/C13H18N6S.C2H6/c1-6-7-11(12-8-15-19(4)18-12)16-9(2)10(3)17-13(14)20-5;1-2/h6-8H,2-3H2,1,4-5H3,(H2,14,17);1-2H3/b7-6-,16-11?;. The number of nitrogens with two attached hydrogens (primary N) is 1. The molecule has 120 valence electrons. The van der Waals surface area contributed by atoms with Gasteiger partial charge in [0, 0.05) is 7.05 Å². The number of amidine groups is 1. The van der Waals surface area contributed by atoms with Crippen molar-refractivity contribution in [3.05, 3.63) is 48.6 Å². The summed E-state index contributed by atoms with van der Waals surface area (Å²) in [5.41, 5.74) is 7.79. The molecule has 0 fully saturated rings. The number of nitrogens with zero attached hydrogens (tertiary/aromatic N) is 5. The van der Waals surface area contributed by atoms with Crippen LogP contribution in [-0.2, 0) is 7.05 Å². The number of aliphatic imine (C=N–C) groups is 2. The second-order valence-electron chi connectivity index (χ2n) is 3.76. The quantitative estimate of drug-likeness (QED) is 0.514. The summed E-state index contributed by atoms with van der Waals surface area (Å²) in [5.74, 6) is 0. The van der Waals surface area contributed by atoms with Gasteiger partial charge in [-0.2, -0.15) is 15.0 Å². The first-order valence-electron chi connectivity index (χ1n) is 6.82. The van der Waals surface area contributed by atoms with E-state index in [0.717, 1.165) is 0 Å². The highest BCUT2D eigenvalue weighted by molar-refractivity contribution is 8.13. The van der Waals surface area contributed by atoms with Gasteiger partial charge in [-0.1, -0.05) is 44.8 Å². The highest BCUT2D eigenvalue weighted by Crippen LogP contribution is 2.12. The topological polar surface area (TPSA) is 81.5 Å². The molecular formula is C15H24N6S. The van der Waals surface area contributed by atoms with Crippen LogP contribution in [0.5, 0.6) is 0 Å². The molecule has 0 aliphatic carbocycles. The minimum absolute atomic E-state index is 0.415. The zero-order valence-electron chi connectivity index (χ0n) is 13.9. The van der Waals surface area contributed by atoms with E-state index in [4.69, 9.17) is 5.73 Å². The Morgan fingerprint density at radius 2 is 1.91 bits per heavy atom. The Hall–Kier alpha value is -2.15. The van der Waals surface area contributed by atoms with Crippen molar-refractivity contribution < 1.29 is 0 Å². The molecule has 1 aromatic rings. The monoisotopic (exact) mass is 320 g/mol. The van der Waals surface area contributed by atoms with Crippen LogP contribution in [0, 0.1) is 0 Å². The van der Waals surface area contributed by atoms with Gasteiger partial charge in [0.05, 0.1) is 23.3 Å². The minimum Gasteiger partial charge on any atom is -0.378 e. The largest absolute Gasteiger partial charge is 0.378 e. The van der Waals surface area contributed by atoms with Crippen molar-refractivity contribution in [2.24, 2.45) is 22.8 Å². The van der Waals surface area contributed by atoms with Crippen molar-refractivity contribution in [3.63, 3.8) is 0 Å². The molecule has 0 atom stereocenters. The van der Waals surface area contributed by atoms with Crippen molar-refractivity contribution in [2.45, 2.75) is 20.8 Å². The molecule has 0 radical (unpaired) electrons. The van der Waals surface area contributed by atoms with Crippen LogP contribution in [0.2, 0.25) is 0 Å². The minimum atomic E-state index is 0.415. The fraction of sp³-hybridized carbons (Fsp3) is 0.333. The van der Waals surface area contributed by atoms with E-state index in [1.54, 1.807) is 13.2 Å². The molecule has 1 heterocycles. The van der Waals surface area contributed by atoms with E-state index in [1.807, 2.05) is 39.2 Å².